The minimum absolute atomic E-state index is 0.579. The van der Waals surface area contributed by atoms with Gasteiger partial charge in [-0.2, -0.15) is 5.10 Å². The van der Waals surface area contributed by atoms with Crippen molar-refractivity contribution < 1.29 is 0 Å². The van der Waals surface area contributed by atoms with E-state index in [9.17, 15) is 0 Å². The van der Waals surface area contributed by atoms with Crippen molar-refractivity contribution in [1.82, 2.24) is 14.8 Å². The number of rotatable bonds is 1. The Labute approximate surface area is 101 Å². The van der Waals surface area contributed by atoms with Crippen molar-refractivity contribution in [3.05, 3.63) is 39.2 Å². The number of nitrogens with zero attached hydrogens (tertiary/aromatic N) is 3. The van der Waals surface area contributed by atoms with Gasteiger partial charge in [0.2, 0.25) is 0 Å². The van der Waals surface area contributed by atoms with Crippen LogP contribution in [0.2, 0.25) is 5.02 Å². The predicted octanol–water partition coefficient (Wildman–Crippen LogP) is 3.30. The molecule has 2 aromatic heterocycles. The molecule has 2 aromatic rings. The monoisotopic (exact) mass is 285 g/mol. The molecule has 0 aliphatic rings. The first-order valence-electron chi connectivity index (χ1n) is 4.42. The molecular weight excluding hydrogens is 277 g/mol. The third kappa shape index (κ3) is 2.06. The average Bonchev–Trinajstić information content (AvgIpc) is 2.45. The molecule has 0 aromatic carbocycles. The Morgan fingerprint density at radius 3 is 2.60 bits per heavy atom. The second-order valence-electron chi connectivity index (χ2n) is 3.30. The number of aromatic nitrogens is 3. The van der Waals surface area contributed by atoms with E-state index in [1.807, 2.05) is 19.9 Å². The Morgan fingerprint density at radius 1 is 1.33 bits per heavy atom. The molecule has 0 atom stereocenters. The lowest BCUT2D eigenvalue weighted by Gasteiger charge is -2.05. The summed E-state index contributed by atoms with van der Waals surface area (Å²) in [4.78, 5) is 4.24. The third-order valence-corrected chi connectivity index (χ3v) is 2.71. The molecule has 0 fully saturated rings. The lowest BCUT2D eigenvalue weighted by molar-refractivity contribution is 0.806. The van der Waals surface area contributed by atoms with E-state index in [0.29, 0.717) is 10.8 Å². The average molecular weight is 287 g/mol. The highest BCUT2D eigenvalue weighted by Gasteiger charge is 2.09. The number of hydrogen-bond acceptors (Lipinski definition) is 2. The van der Waals surface area contributed by atoms with Crippen LogP contribution in [0.15, 0.2) is 22.8 Å². The number of hydrogen-bond donors (Lipinski definition) is 0. The van der Waals surface area contributed by atoms with E-state index in [1.54, 1.807) is 16.9 Å². The van der Waals surface area contributed by atoms with Gasteiger partial charge in [-0.05, 0) is 41.9 Å². The molecule has 0 spiro atoms. The Morgan fingerprint density at radius 2 is 2.07 bits per heavy atom. The topological polar surface area (TPSA) is 30.7 Å². The fourth-order valence-electron chi connectivity index (χ4n) is 1.41. The molecule has 0 aliphatic heterocycles. The summed E-state index contributed by atoms with van der Waals surface area (Å²) in [6.07, 6.45) is 1.71. The normalized spacial score (nSPS) is 10.7. The minimum atomic E-state index is 0.579. The van der Waals surface area contributed by atoms with Crippen LogP contribution in [0, 0.1) is 13.8 Å². The van der Waals surface area contributed by atoms with Gasteiger partial charge in [-0.1, -0.05) is 11.6 Å². The fraction of sp³-hybridized carbons (Fsp3) is 0.200. The molecule has 3 nitrogen and oxygen atoms in total. The van der Waals surface area contributed by atoms with E-state index < -0.39 is 0 Å². The lowest BCUT2D eigenvalue weighted by atomic mass is 10.4. The molecule has 78 valence electrons. The fourth-order valence-corrected chi connectivity index (χ4v) is 2.12. The molecule has 0 bridgehead atoms. The molecule has 0 saturated heterocycles. The maximum absolute atomic E-state index is 6.09. The predicted molar refractivity (Wildman–Crippen MR) is 63.5 cm³/mol. The van der Waals surface area contributed by atoms with Crippen molar-refractivity contribution in [3.63, 3.8) is 0 Å². The summed E-state index contributed by atoms with van der Waals surface area (Å²) in [5.74, 6) is 0.658. The number of aryl methyl sites for hydroxylation is 2. The van der Waals surface area contributed by atoms with Crippen molar-refractivity contribution in [2.24, 2.45) is 0 Å². The molecule has 0 aliphatic carbocycles. The molecule has 0 saturated carbocycles. The van der Waals surface area contributed by atoms with Crippen molar-refractivity contribution >= 4 is 27.5 Å². The van der Waals surface area contributed by atoms with Crippen molar-refractivity contribution in [1.29, 1.82) is 0 Å². The van der Waals surface area contributed by atoms with Crippen LogP contribution in [0.25, 0.3) is 5.82 Å². The van der Waals surface area contributed by atoms with Gasteiger partial charge in [0.05, 0.1) is 10.7 Å². The smallest absolute Gasteiger partial charge is 0.172 e. The zero-order valence-corrected chi connectivity index (χ0v) is 10.7. The summed E-state index contributed by atoms with van der Waals surface area (Å²) in [6.45, 7) is 3.91. The van der Waals surface area contributed by atoms with Gasteiger partial charge in [-0.25, -0.2) is 9.67 Å². The van der Waals surface area contributed by atoms with Gasteiger partial charge in [0.1, 0.15) is 0 Å². The van der Waals surface area contributed by atoms with E-state index in [-0.39, 0.29) is 0 Å². The van der Waals surface area contributed by atoms with Gasteiger partial charge >= 0.3 is 0 Å². The number of halogens is 2. The first kappa shape index (κ1) is 10.6. The number of pyridine rings is 1. The second kappa shape index (κ2) is 3.94. The molecule has 15 heavy (non-hydrogen) atoms. The zero-order chi connectivity index (χ0) is 11.0. The molecule has 0 radical (unpaired) electrons. The summed E-state index contributed by atoms with van der Waals surface area (Å²) in [7, 11) is 0. The third-order valence-electron chi connectivity index (χ3n) is 2.00. The zero-order valence-electron chi connectivity index (χ0n) is 8.33. The Hall–Kier alpha value is -0.870. The maximum Gasteiger partial charge on any atom is 0.172 e. The van der Waals surface area contributed by atoms with E-state index in [2.05, 4.69) is 26.0 Å². The van der Waals surface area contributed by atoms with E-state index in [1.165, 1.54) is 0 Å². The van der Waals surface area contributed by atoms with Crippen LogP contribution < -0.4 is 0 Å². The van der Waals surface area contributed by atoms with Crippen LogP contribution in [0.3, 0.4) is 0 Å². The first-order valence-corrected chi connectivity index (χ1v) is 5.59. The maximum atomic E-state index is 6.09. The summed E-state index contributed by atoms with van der Waals surface area (Å²) in [6, 6.07) is 3.79. The van der Waals surface area contributed by atoms with Crippen LogP contribution in [0.4, 0.5) is 0 Å². The van der Waals surface area contributed by atoms with Crippen LogP contribution in [-0.4, -0.2) is 14.8 Å². The largest absolute Gasteiger partial charge is 0.235 e. The Bertz CT molecular complexity index is 507. The highest BCUT2D eigenvalue weighted by Crippen LogP contribution is 2.22. The second-order valence-corrected chi connectivity index (χ2v) is 4.62. The minimum Gasteiger partial charge on any atom is -0.235 e. The van der Waals surface area contributed by atoms with Crippen molar-refractivity contribution in [2.45, 2.75) is 13.8 Å². The molecular formula is C10H9BrClN3. The Kier molecular flexibility index (Phi) is 2.80. The van der Waals surface area contributed by atoms with E-state index >= 15 is 0 Å². The SMILES string of the molecule is Cc1cc(C)n(-c2ncc(Br)cc2Cl)n1. The van der Waals surface area contributed by atoms with Gasteiger partial charge in [0, 0.05) is 16.4 Å². The molecule has 0 N–H and O–H groups in total. The summed E-state index contributed by atoms with van der Waals surface area (Å²) < 4.78 is 2.60. The molecule has 5 heteroatoms. The molecule has 0 amide bonds. The molecule has 2 rings (SSSR count). The first-order chi connectivity index (χ1) is 7.08. The summed E-state index contributed by atoms with van der Waals surface area (Å²) in [5.41, 5.74) is 1.97. The van der Waals surface area contributed by atoms with Gasteiger partial charge in [-0.3, -0.25) is 0 Å². The van der Waals surface area contributed by atoms with Crippen LogP contribution in [0.1, 0.15) is 11.4 Å². The quantitative estimate of drug-likeness (QED) is 0.805. The standard InChI is InChI=1S/C10H9BrClN3/c1-6-3-7(2)15(14-6)10-9(12)4-8(11)5-13-10/h3-5H,1-2H3. The van der Waals surface area contributed by atoms with E-state index in [0.717, 1.165) is 15.9 Å². The molecule has 2 heterocycles. The highest BCUT2D eigenvalue weighted by atomic mass is 79.9. The van der Waals surface area contributed by atoms with Gasteiger partial charge in [-0.15, -0.1) is 0 Å². The summed E-state index contributed by atoms with van der Waals surface area (Å²) in [5, 5.41) is 4.90. The van der Waals surface area contributed by atoms with Crippen molar-refractivity contribution in [2.75, 3.05) is 0 Å². The van der Waals surface area contributed by atoms with E-state index in [4.69, 9.17) is 11.6 Å². The van der Waals surface area contributed by atoms with Crippen molar-refractivity contribution in [3.8, 4) is 5.82 Å². The van der Waals surface area contributed by atoms with Gasteiger partial charge < -0.3 is 0 Å². The van der Waals surface area contributed by atoms with Crippen LogP contribution in [0.5, 0.6) is 0 Å². The van der Waals surface area contributed by atoms with Crippen LogP contribution in [-0.2, 0) is 0 Å². The Balaban J connectivity index is 2.59. The lowest BCUT2D eigenvalue weighted by Crippen LogP contribution is -2.02. The van der Waals surface area contributed by atoms with Gasteiger partial charge in [0.25, 0.3) is 0 Å². The highest BCUT2D eigenvalue weighted by molar-refractivity contribution is 9.10. The van der Waals surface area contributed by atoms with Gasteiger partial charge in [0.15, 0.2) is 5.82 Å². The summed E-state index contributed by atoms with van der Waals surface area (Å²) >= 11 is 9.41. The molecule has 0 unspecified atom stereocenters. The van der Waals surface area contributed by atoms with Crippen LogP contribution >= 0.6 is 27.5 Å².